The molecule has 1 aromatic rings. The highest BCUT2D eigenvalue weighted by molar-refractivity contribution is 7.75. The lowest BCUT2D eigenvalue weighted by atomic mass is 10.2. The molecule has 2 rings (SSSR count). The highest BCUT2D eigenvalue weighted by Gasteiger charge is 2.34. The van der Waals surface area contributed by atoms with Crippen LogP contribution in [-0.2, 0) is 6.54 Å². The van der Waals surface area contributed by atoms with E-state index in [0.717, 1.165) is 109 Å². The van der Waals surface area contributed by atoms with Crippen LogP contribution >= 0.6 is 7.26 Å². The second-order valence-electron chi connectivity index (χ2n) is 23.2. The van der Waals surface area contributed by atoms with Gasteiger partial charge in [-0.3, -0.25) is 0 Å². The van der Waals surface area contributed by atoms with Crippen LogP contribution in [0, 0.1) is 0 Å². The number of quaternary nitrogens is 4. The summed E-state index contributed by atoms with van der Waals surface area (Å²) in [5.74, 6) is 0. The fourth-order valence-corrected chi connectivity index (χ4v) is 11.9. The van der Waals surface area contributed by atoms with Crippen LogP contribution in [0.25, 0.3) is 0 Å². The lowest BCUT2D eigenvalue weighted by molar-refractivity contribution is -0.870. The summed E-state index contributed by atoms with van der Waals surface area (Å²) in [5.41, 5.74) is 0. The van der Waals surface area contributed by atoms with E-state index in [0.29, 0.717) is 26.4 Å². The molecule has 0 saturated heterocycles. The van der Waals surface area contributed by atoms with Crippen molar-refractivity contribution < 1.29 is 67.4 Å². The number of hydrogen-bond donors (Lipinski definition) is 7. The first-order valence-electron chi connectivity index (χ1n) is 27.6. The molecule has 0 atom stereocenters. The van der Waals surface area contributed by atoms with Crippen molar-refractivity contribution >= 4 is 19.7 Å². The van der Waals surface area contributed by atoms with Crippen molar-refractivity contribution in [2.45, 2.75) is 124 Å². The predicted octanol–water partition coefficient (Wildman–Crippen LogP) is 5.36. The molecule has 0 bridgehead atoms. The molecule has 2 heterocycles. The van der Waals surface area contributed by atoms with Gasteiger partial charge in [-0.05, 0) is 51.4 Å². The Balaban J connectivity index is -0.000000243. The van der Waals surface area contributed by atoms with Gasteiger partial charge in [0.25, 0.3) is 0 Å². The first kappa shape index (κ1) is 78.4. The van der Waals surface area contributed by atoms with E-state index in [1.165, 1.54) is 76.1 Å². The minimum atomic E-state index is -0.722. The molecule has 0 aromatic carbocycles. The highest BCUT2D eigenvalue weighted by atomic mass is 31.2. The van der Waals surface area contributed by atoms with Crippen molar-refractivity contribution in [1.29, 1.82) is 0 Å². The van der Waals surface area contributed by atoms with E-state index in [9.17, 15) is 0 Å². The molecule has 426 valence electrons. The average molecular weight is 1040 g/mol. The Labute approximate surface area is 441 Å². The predicted molar refractivity (Wildman–Crippen MR) is 309 cm³/mol. The number of aliphatic hydroxyl groups is 7. The third-order valence-electron chi connectivity index (χ3n) is 11.1. The largest absolute Gasteiger partial charge is 0.396 e. The van der Waals surface area contributed by atoms with E-state index < -0.39 is 7.26 Å². The van der Waals surface area contributed by atoms with Gasteiger partial charge in [-0.15, -0.1) is 0 Å². The van der Waals surface area contributed by atoms with Crippen molar-refractivity contribution in [3.8, 4) is 0 Å². The normalized spacial score (nSPS) is 12.4. The molecule has 1 aliphatic heterocycles. The van der Waals surface area contributed by atoms with Crippen LogP contribution in [0.4, 0.5) is 0 Å². The first-order valence-corrected chi connectivity index (χ1v) is 30.2. The summed E-state index contributed by atoms with van der Waals surface area (Å²) in [6.07, 6.45) is 31.2. The van der Waals surface area contributed by atoms with Crippen molar-refractivity contribution in [3.05, 3.63) is 30.6 Å². The Hall–Kier alpha value is -1.52. The number of hydrogen-bond acceptors (Lipinski definition) is 7. The van der Waals surface area contributed by atoms with E-state index in [1.807, 2.05) is 43.9 Å². The summed E-state index contributed by atoms with van der Waals surface area (Å²) in [6.45, 7) is 16.2. The van der Waals surface area contributed by atoms with Gasteiger partial charge in [-0.2, -0.15) is 9.15 Å². The summed E-state index contributed by atoms with van der Waals surface area (Å²) in [6, 6.07) is 5.95. The smallest absolute Gasteiger partial charge is 0.334 e. The van der Waals surface area contributed by atoms with Gasteiger partial charge in [0.1, 0.15) is 13.6 Å². The van der Waals surface area contributed by atoms with Crippen molar-refractivity contribution in [2.75, 3.05) is 202 Å². The third kappa shape index (κ3) is 70.6. The van der Waals surface area contributed by atoms with Crippen molar-refractivity contribution in [1.82, 2.24) is 0 Å². The second-order valence-corrected chi connectivity index (χ2v) is 27.7. The number of aliphatic hydroxyl groups excluding tert-OH is 7. The number of unbranched alkanes of at least 4 members (excludes halogenated alkanes) is 6. The summed E-state index contributed by atoms with van der Waals surface area (Å²) in [4.78, 5) is 0. The van der Waals surface area contributed by atoms with Crippen molar-refractivity contribution in [3.63, 3.8) is 0 Å². The van der Waals surface area contributed by atoms with Gasteiger partial charge < -0.3 is 53.7 Å². The molecule has 0 spiro atoms. The number of likely N-dealkylation sites (N-methyl/N-ethyl adjacent to an activating group) is 1. The number of nitrogens with zero attached hydrogens (tertiary/aromatic N) is 7. The highest BCUT2D eigenvalue weighted by Crippen LogP contribution is 2.61. The Kier molecular flexibility index (Phi) is 57.3. The van der Waals surface area contributed by atoms with E-state index >= 15 is 0 Å². The molecule has 0 unspecified atom stereocenters. The second kappa shape index (κ2) is 51.9. The van der Waals surface area contributed by atoms with Gasteiger partial charge >= 0.3 is 6.67 Å². The van der Waals surface area contributed by atoms with Crippen LogP contribution < -0.4 is 4.57 Å². The summed E-state index contributed by atoms with van der Waals surface area (Å²) >= 11 is 0. The van der Waals surface area contributed by atoms with Crippen LogP contribution in [0.5, 0.6) is 0 Å². The molecule has 71 heavy (non-hydrogen) atoms. The minimum absolute atomic E-state index is 0.266. The first-order chi connectivity index (χ1) is 33.2. The SMILES string of the molecule is CCCC[P+](CCCC)(CCCC)CCCO.C[N+](C)(C)CCCCCO.C[N+](C)(C)CCCCO.C[N+](C)(C)CCCO.C[N+](C)(C)CCO.C[N+]1=CC=[N+](CCCO)C1.OCCC[n+]1ccccc1. The van der Waals surface area contributed by atoms with Gasteiger partial charge in [0, 0.05) is 84.7 Å². The standard InChI is InChI=1S/C15H34OP.C8H12NO.C8H20NO.C7H14N2O.C7H18NO.C6H16NO.C5H14NO/c1-4-7-12-17(13-8-5-2,14-9-6-3)15-10-11-16;10-8-4-7-9-5-2-1-3-6-9;1-9(2,3)7-5-4-6-8-10;1-8-4-5-9(7-8)3-2-6-10;1-8(2,3)6-4-5-7-9;1-7(2,3)5-4-6-8;1-6(2,3)4-5-7/h16H,4-15H2,1-3H3;1-3,5-6,10H,4,7-8H2;10H,4-8H2,1-3H3;4-5,10H,2-3,6-7H2,1H3;9H,4-7H2,1-3H3;8H,4-6H2,1-3H3;7H,4-5H2,1-3H3/q3*+1;+2;3*+1. The van der Waals surface area contributed by atoms with Gasteiger partial charge in [-0.1, -0.05) is 46.1 Å². The summed E-state index contributed by atoms with van der Waals surface area (Å²) in [7, 11) is 26.9. The molecule has 7 N–H and O–H groups in total. The third-order valence-corrected chi connectivity index (χ3v) is 16.2. The molecule has 0 fully saturated rings. The Morgan fingerprint density at radius 2 is 0.746 bits per heavy atom. The molecular formula is C56H128N7O7P+8. The van der Waals surface area contributed by atoms with E-state index in [1.54, 1.807) is 0 Å². The fraction of sp³-hybridized carbons (Fsp3) is 0.875. The van der Waals surface area contributed by atoms with Crippen LogP contribution in [0.3, 0.4) is 0 Å². The van der Waals surface area contributed by atoms with Crippen LogP contribution in [0.1, 0.15) is 117 Å². The Morgan fingerprint density at radius 3 is 1.07 bits per heavy atom. The minimum Gasteiger partial charge on any atom is -0.396 e. The van der Waals surface area contributed by atoms with Crippen LogP contribution in [0.2, 0.25) is 0 Å². The quantitative estimate of drug-likeness (QED) is 0.0223. The Morgan fingerprint density at radius 1 is 0.380 bits per heavy atom. The summed E-state index contributed by atoms with van der Waals surface area (Å²) < 4.78 is 10.2. The molecule has 15 heteroatoms. The zero-order chi connectivity index (χ0) is 55.5. The molecular weight excluding hydrogens is 914 g/mol. The van der Waals surface area contributed by atoms with Gasteiger partial charge in [-0.25, -0.2) is 4.57 Å². The van der Waals surface area contributed by atoms with Gasteiger partial charge in [0.2, 0.25) is 12.4 Å². The monoisotopic (exact) mass is 1040 g/mol. The van der Waals surface area contributed by atoms with Crippen molar-refractivity contribution in [2.24, 2.45) is 0 Å². The molecule has 1 aliphatic rings. The fourth-order valence-electron chi connectivity index (χ4n) is 6.82. The van der Waals surface area contributed by atoms with Crippen LogP contribution in [-0.4, -0.2) is 277 Å². The molecule has 0 aliphatic carbocycles. The maximum absolute atomic E-state index is 9.12. The summed E-state index contributed by atoms with van der Waals surface area (Å²) in [5, 5.41) is 59.9. The molecule has 1 aromatic heterocycles. The van der Waals surface area contributed by atoms with Gasteiger partial charge in [0.15, 0.2) is 25.5 Å². The topological polar surface area (TPSA) is 152 Å². The van der Waals surface area contributed by atoms with Crippen LogP contribution in [0.15, 0.2) is 30.6 Å². The Bertz CT molecular complexity index is 1250. The average Bonchev–Trinajstić information content (AvgIpc) is 3.72. The lowest BCUT2D eigenvalue weighted by Crippen LogP contribution is -2.36. The van der Waals surface area contributed by atoms with Gasteiger partial charge in [0.05, 0.1) is 135 Å². The lowest BCUT2D eigenvalue weighted by Gasteiger charge is -2.27. The number of rotatable bonds is 32. The number of aromatic nitrogens is 1. The van der Waals surface area contributed by atoms with E-state index in [-0.39, 0.29) is 19.8 Å². The molecule has 14 nitrogen and oxygen atoms in total. The maximum Gasteiger partial charge on any atom is 0.334 e. The number of pyridine rings is 1. The van der Waals surface area contributed by atoms with E-state index in [4.69, 9.17) is 35.7 Å². The number of aryl methyl sites for hydroxylation is 1. The van der Waals surface area contributed by atoms with E-state index in [2.05, 4.69) is 125 Å². The molecule has 0 amide bonds. The molecule has 0 radical (unpaired) electrons. The zero-order valence-electron chi connectivity index (χ0n) is 50.1. The molecule has 0 saturated carbocycles. The maximum atomic E-state index is 9.12. The zero-order valence-corrected chi connectivity index (χ0v) is 51.0.